The summed E-state index contributed by atoms with van der Waals surface area (Å²) >= 11 is 0. The predicted molar refractivity (Wildman–Crippen MR) is 95.8 cm³/mol. The van der Waals surface area contributed by atoms with Gasteiger partial charge >= 0.3 is 11.9 Å². The second-order valence-corrected chi connectivity index (χ2v) is 6.38. The Kier molecular flexibility index (Phi) is 5.39. The number of rotatable bonds is 4. The highest BCUT2D eigenvalue weighted by Gasteiger charge is 2.29. The van der Waals surface area contributed by atoms with Gasteiger partial charge in [0.25, 0.3) is 0 Å². The van der Waals surface area contributed by atoms with Gasteiger partial charge in [0.05, 0.1) is 5.69 Å². The molecule has 0 aliphatic rings. The topological polar surface area (TPSA) is 57.6 Å². The number of carbonyl (C=O) groups is 2. The molecule has 4 nitrogen and oxygen atoms in total. The minimum Gasteiger partial charge on any atom is -0.474 e. The van der Waals surface area contributed by atoms with Crippen LogP contribution >= 0.6 is 0 Å². The van der Waals surface area contributed by atoms with Gasteiger partial charge in [-0.1, -0.05) is 64.1 Å². The number of carbonyl (C=O) groups excluding carboxylic acids is 1. The first-order valence-corrected chi connectivity index (χ1v) is 8.09. The van der Waals surface area contributed by atoms with Crippen molar-refractivity contribution in [2.45, 2.75) is 39.5 Å². The highest BCUT2D eigenvalue weighted by Crippen LogP contribution is 2.39. The highest BCUT2D eigenvalue weighted by molar-refractivity contribution is 6.39. The van der Waals surface area contributed by atoms with Crippen molar-refractivity contribution in [2.24, 2.45) is 0 Å². The molecule has 0 bridgehead atoms. The Bertz CT molecular complexity index is 710. The van der Waals surface area contributed by atoms with Gasteiger partial charge in [0.15, 0.2) is 0 Å². The molecule has 0 heterocycles. The Morgan fingerprint density at radius 3 is 1.75 bits per heavy atom. The SMILES string of the molecule is CC(C)c1cccc(C(C)C)c1N(C(=O)C(=O)O)c1ccccc1. The van der Waals surface area contributed by atoms with Gasteiger partial charge in [-0.2, -0.15) is 0 Å². The van der Waals surface area contributed by atoms with Gasteiger partial charge in [-0.3, -0.25) is 9.69 Å². The predicted octanol–water partition coefficient (Wildman–Crippen LogP) is 4.68. The fraction of sp³-hybridized carbons (Fsp3) is 0.300. The summed E-state index contributed by atoms with van der Waals surface area (Å²) in [4.78, 5) is 25.3. The molecule has 2 aromatic rings. The van der Waals surface area contributed by atoms with Crippen molar-refractivity contribution in [2.75, 3.05) is 4.90 Å². The lowest BCUT2D eigenvalue weighted by Gasteiger charge is -2.29. The van der Waals surface area contributed by atoms with Gasteiger partial charge in [-0.15, -0.1) is 0 Å². The standard InChI is InChI=1S/C20H23NO3/c1-13(2)16-11-8-12-17(14(3)4)18(16)21(19(22)20(23)24)15-9-6-5-7-10-15/h5-14H,1-4H3,(H,23,24). The van der Waals surface area contributed by atoms with Crippen LogP contribution < -0.4 is 4.90 Å². The monoisotopic (exact) mass is 325 g/mol. The maximum absolute atomic E-state index is 12.5. The second kappa shape index (κ2) is 7.30. The van der Waals surface area contributed by atoms with Gasteiger partial charge in [-0.25, -0.2) is 4.79 Å². The Hall–Kier alpha value is -2.62. The van der Waals surface area contributed by atoms with Crippen molar-refractivity contribution in [3.8, 4) is 0 Å². The zero-order valence-corrected chi connectivity index (χ0v) is 14.5. The van der Waals surface area contributed by atoms with Crippen LogP contribution in [0.15, 0.2) is 48.5 Å². The summed E-state index contributed by atoms with van der Waals surface area (Å²) in [5, 5.41) is 9.34. The average molecular weight is 325 g/mol. The smallest absolute Gasteiger partial charge is 0.395 e. The number of amides is 1. The Morgan fingerprint density at radius 2 is 1.33 bits per heavy atom. The zero-order chi connectivity index (χ0) is 17.9. The number of benzene rings is 2. The zero-order valence-electron chi connectivity index (χ0n) is 14.5. The summed E-state index contributed by atoms with van der Waals surface area (Å²) in [6.07, 6.45) is 0. The first kappa shape index (κ1) is 17.7. The van der Waals surface area contributed by atoms with Gasteiger partial charge in [-0.05, 0) is 35.1 Å². The number of nitrogens with zero attached hydrogens (tertiary/aromatic N) is 1. The molecule has 0 atom stereocenters. The summed E-state index contributed by atoms with van der Waals surface area (Å²) in [5.74, 6) is -2.10. The summed E-state index contributed by atoms with van der Waals surface area (Å²) in [5.41, 5.74) is 3.15. The number of carboxylic acid groups (broad SMARTS) is 1. The summed E-state index contributed by atoms with van der Waals surface area (Å²) in [6, 6.07) is 14.8. The molecule has 0 unspecified atom stereocenters. The molecule has 1 N–H and O–H groups in total. The first-order valence-electron chi connectivity index (χ1n) is 8.09. The van der Waals surface area contributed by atoms with Crippen LogP contribution in [-0.2, 0) is 9.59 Å². The molecular formula is C20H23NO3. The third-order valence-electron chi connectivity index (χ3n) is 3.97. The van der Waals surface area contributed by atoms with E-state index in [1.165, 1.54) is 4.90 Å². The summed E-state index contributed by atoms with van der Waals surface area (Å²) < 4.78 is 0. The molecule has 2 rings (SSSR count). The molecule has 4 heteroatoms. The van der Waals surface area contributed by atoms with Crippen LogP contribution in [0.1, 0.15) is 50.7 Å². The second-order valence-electron chi connectivity index (χ2n) is 6.38. The fourth-order valence-corrected chi connectivity index (χ4v) is 2.79. The van der Waals surface area contributed by atoms with E-state index in [4.69, 9.17) is 0 Å². The van der Waals surface area contributed by atoms with E-state index in [9.17, 15) is 14.7 Å². The molecule has 0 aliphatic heterocycles. The Balaban J connectivity index is 2.79. The molecule has 0 aliphatic carbocycles. The Morgan fingerprint density at radius 1 is 0.833 bits per heavy atom. The first-order chi connectivity index (χ1) is 11.3. The average Bonchev–Trinajstić information content (AvgIpc) is 2.55. The van der Waals surface area contributed by atoms with E-state index in [1.54, 1.807) is 24.3 Å². The minimum atomic E-state index is -1.47. The van der Waals surface area contributed by atoms with Crippen LogP contribution in [0.3, 0.4) is 0 Å². The molecule has 0 fully saturated rings. The molecule has 2 aromatic carbocycles. The molecule has 126 valence electrons. The van der Waals surface area contributed by atoms with Crippen molar-refractivity contribution in [1.82, 2.24) is 0 Å². The third-order valence-corrected chi connectivity index (χ3v) is 3.97. The van der Waals surface area contributed by atoms with E-state index < -0.39 is 11.9 Å². The van der Waals surface area contributed by atoms with Crippen molar-refractivity contribution in [3.63, 3.8) is 0 Å². The van der Waals surface area contributed by atoms with E-state index in [2.05, 4.69) is 0 Å². The number of aliphatic carboxylic acids is 1. The van der Waals surface area contributed by atoms with Crippen LogP contribution in [-0.4, -0.2) is 17.0 Å². The molecule has 0 radical (unpaired) electrons. The number of anilines is 2. The summed E-state index contributed by atoms with van der Waals surface area (Å²) in [6.45, 7) is 8.16. The Labute approximate surface area is 142 Å². The normalized spacial score (nSPS) is 10.9. The number of para-hydroxylation sites is 2. The number of hydrogen-bond donors (Lipinski definition) is 1. The highest BCUT2D eigenvalue weighted by atomic mass is 16.4. The molecular weight excluding hydrogens is 302 g/mol. The van der Waals surface area contributed by atoms with Crippen LogP contribution in [0.2, 0.25) is 0 Å². The van der Waals surface area contributed by atoms with Gasteiger partial charge in [0.1, 0.15) is 0 Å². The van der Waals surface area contributed by atoms with Crippen LogP contribution in [0, 0.1) is 0 Å². The summed E-state index contributed by atoms with van der Waals surface area (Å²) in [7, 11) is 0. The van der Waals surface area contributed by atoms with Crippen molar-refractivity contribution in [3.05, 3.63) is 59.7 Å². The van der Waals surface area contributed by atoms with Gasteiger partial charge < -0.3 is 5.11 Å². The molecule has 0 aromatic heterocycles. The largest absolute Gasteiger partial charge is 0.474 e. The van der Waals surface area contributed by atoms with E-state index >= 15 is 0 Å². The van der Waals surface area contributed by atoms with E-state index in [-0.39, 0.29) is 11.8 Å². The minimum absolute atomic E-state index is 0.159. The quantitative estimate of drug-likeness (QED) is 0.830. The molecule has 0 saturated carbocycles. The number of hydrogen-bond acceptors (Lipinski definition) is 2. The van der Waals surface area contributed by atoms with Crippen LogP contribution in [0.5, 0.6) is 0 Å². The molecule has 1 amide bonds. The molecule has 24 heavy (non-hydrogen) atoms. The van der Waals surface area contributed by atoms with E-state index in [0.717, 1.165) is 11.1 Å². The van der Waals surface area contributed by atoms with Crippen LogP contribution in [0.25, 0.3) is 0 Å². The van der Waals surface area contributed by atoms with Crippen molar-refractivity contribution < 1.29 is 14.7 Å². The van der Waals surface area contributed by atoms with Crippen LogP contribution in [0.4, 0.5) is 11.4 Å². The van der Waals surface area contributed by atoms with Crippen molar-refractivity contribution >= 4 is 23.3 Å². The maximum Gasteiger partial charge on any atom is 0.395 e. The lowest BCUT2D eigenvalue weighted by atomic mass is 9.91. The van der Waals surface area contributed by atoms with Crippen molar-refractivity contribution in [1.29, 1.82) is 0 Å². The van der Waals surface area contributed by atoms with E-state index in [0.29, 0.717) is 11.4 Å². The van der Waals surface area contributed by atoms with E-state index in [1.807, 2.05) is 52.0 Å². The lowest BCUT2D eigenvalue weighted by molar-refractivity contribution is -0.148. The molecule has 0 saturated heterocycles. The van der Waals surface area contributed by atoms with Gasteiger partial charge in [0, 0.05) is 5.69 Å². The fourth-order valence-electron chi connectivity index (χ4n) is 2.79. The maximum atomic E-state index is 12.5. The van der Waals surface area contributed by atoms with Gasteiger partial charge in [0.2, 0.25) is 0 Å². The molecule has 0 spiro atoms. The number of carboxylic acids is 1. The lowest BCUT2D eigenvalue weighted by Crippen LogP contribution is -2.34. The third kappa shape index (κ3) is 3.48.